The van der Waals surface area contributed by atoms with E-state index in [1.165, 1.54) is 17.1 Å². The fourth-order valence-corrected chi connectivity index (χ4v) is 7.12. The summed E-state index contributed by atoms with van der Waals surface area (Å²) in [6.45, 7) is 5.22. The van der Waals surface area contributed by atoms with Crippen molar-refractivity contribution in [3.8, 4) is 0 Å². The quantitative estimate of drug-likeness (QED) is 0.547. The molecule has 0 bridgehead atoms. The third-order valence-electron chi connectivity index (χ3n) is 7.70. The maximum atomic E-state index is 13.4. The number of sulfonamides is 1. The minimum atomic E-state index is -3.63. The smallest absolute Gasteiger partial charge is 0.243 e. The highest BCUT2D eigenvalue weighted by Crippen LogP contribution is 2.34. The van der Waals surface area contributed by atoms with E-state index in [4.69, 9.17) is 4.98 Å². The van der Waals surface area contributed by atoms with Crippen molar-refractivity contribution in [2.75, 3.05) is 13.1 Å². The number of fused-ring (bicyclic) bond motifs is 1. The van der Waals surface area contributed by atoms with Crippen LogP contribution in [0.2, 0.25) is 0 Å². The highest BCUT2D eigenvalue weighted by Gasteiger charge is 2.32. The van der Waals surface area contributed by atoms with Crippen molar-refractivity contribution in [3.63, 3.8) is 0 Å². The van der Waals surface area contributed by atoms with E-state index in [0.717, 1.165) is 40.8 Å². The molecule has 5 rings (SSSR count). The van der Waals surface area contributed by atoms with E-state index in [0.29, 0.717) is 38.5 Å². The van der Waals surface area contributed by atoms with E-state index < -0.39 is 10.0 Å². The largest absolute Gasteiger partial charge is 0.352 e. The van der Waals surface area contributed by atoms with Gasteiger partial charge in [-0.1, -0.05) is 37.1 Å². The van der Waals surface area contributed by atoms with Crippen molar-refractivity contribution < 1.29 is 13.2 Å². The van der Waals surface area contributed by atoms with Crippen molar-refractivity contribution in [1.82, 2.24) is 19.2 Å². The SMILES string of the molecule is Cc1ccccc1CNC(=O)C1CCN(S(=O)(=O)c2ccc3c(c2)nc(C)n3C2CCCC2)CC1. The Bertz CT molecular complexity index is 1330. The van der Waals surface area contributed by atoms with Crippen LogP contribution >= 0.6 is 0 Å². The molecule has 1 aromatic heterocycles. The first-order valence-corrected chi connectivity index (χ1v) is 14.1. The van der Waals surface area contributed by atoms with Crippen LogP contribution in [0.15, 0.2) is 47.4 Å². The van der Waals surface area contributed by atoms with Gasteiger partial charge in [0.25, 0.3) is 0 Å². The first-order chi connectivity index (χ1) is 16.8. The van der Waals surface area contributed by atoms with E-state index >= 15 is 0 Å². The first kappa shape index (κ1) is 24.0. The minimum absolute atomic E-state index is 0.000326. The fraction of sp³-hybridized carbons (Fsp3) is 0.481. The summed E-state index contributed by atoms with van der Waals surface area (Å²) in [7, 11) is -3.63. The highest BCUT2D eigenvalue weighted by molar-refractivity contribution is 7.89. The topological polar surface area (TPSA) is 84.3 Å². The Morgan fingerprint density at radius 2 is 1.74 bits per heavy atom. The van der Waals surface area contributed by atoms with Crippen LogP contribution < -0.4 is 5.32 Å². The third-order valence-corrected chi connectivity index (χ3v) is 9.60. The summed E-state index contributed by atoms with van der Waals surface area (Å²) in [4.78, 5) is 17.7. The Balaban J connectivity index is 1.24. The number of aromatic nitrogens is 2. The van der Waals surface area contributed by atoms with Gasteiger partial charge in [-0.15, -0.1) is 0 Å². The molecule has 2 fully saturated rings. The Labute approximate surface area is 207 Å². The summed E-state index contributed by atoms with van der Waals surface area (Å²) in [6, 6.07) is 13.8. The number of nitrogens with zero attached hydrogens (tertiary/aromatic N) is 3. The van der Waals surface area contributed by atoms with Gasteiger partial charge in [-0.2, -0.15) is 4.31 Å². The zero-order chi connectivity index (χ0) is 24.6. The summed E-state index contributed by atoms with van der Waals surface area (Å²) >= 11 is 0. The van der Waals surface area contributed by atoms with Gasteiger partial charge in [-0.05, 0) is 68.9 Å². The number of aryl methyl sites for hydroxylation is 2. The van der Waals surface area contributed by atoms with Crippen LogP contribution in [-0.2, 0) is 21.4 Å². The molecule has 0 atom stereocenters. The summed E-state index contributed by atoms with van der Waals surface area (Å²) in [6.07, 6.45) is 5.82. The van der Waals surface area contributed by atoms with Crippen LogP contribution in [-0.4, -0.2) is 41.3 Å². The van der Waals surface area contributed by atoms with Gasteiger partial charge in [0.1, 0.15) is 5.82 Å². The van der Waals surface area contributed by atoms with E-state index in [1.807, 2.05) is 44.2 Å². The van der Waals surface area contributed by atoms with E-state index in [2.05, 4.69) is 9.88 Å². The molecule has 8 heteroatoms. The molecule has 35 heavy (non-hydrogen) atoms. The molecule has 0 radical (unpaired) electrons. The van der Waals surface area contributed by atoms with Crippen molar-refractivity contribution >= 4 is 27.0 Å². The van der Waals surface area contributed by atoms with Gasteiger partial charge >= 0.3 is 0 Å². The molecule has 1 N–H and O–H groups in total. The second-order valence-corrected chi connectivity index (χ2v) is 11.9. The number of hydrogen-bond acceptors (Lipinski definition) is 4. The van der Waals surface area contributed by atoms with Gasteiger partial charge in [0, 0.05) is 31.6 Å². The minimum Gasteiger partial charge on any atom is -0.352 e. The van der Waals surface area contributed by atoms with Crippen LogP contribution in [0.4, 0.5) is 0 Å². The van der Waals surface area contributed by atoms with Gasteiger partial charge in [0.2, 0.25) is 15.9 Å². The molecule has 1 amide bonds. The van der Waals surface area contributed by atoms with Gasteiger partial charge in [-0.25, -0.2) is 13.4 Å². The Morgan fingerprint density at radius 1 is 1.03 bits per heavy atom. The van der Waals surface area contributed by atoms with Crippen molar-refractivity contribution in [2.24, 2.45) is 5.92 Å². The standard InChI is InChI=1S/C27H34N4O3S/c1-19-7-3-4-8-22(19)18-28-27(32)21-13-15-30(16-14-21)35(33,34)24-11-12-26-25(17-24)29-20(2)31(26)23-9-5-6-10-23/h3-4,7-8,11-12,17,21,23H,5-6,9-10,13-16,18H2,1-2H3,(H,28,32). The molecule has 1 aliphatic carbocycles. The number of carbonyl (C=O) groups is 1. The van der Waals surface area contributed by atoms with Crippen LogP contribution in [0.5, 0.6) is 0 Å². The lowest BCUT2D eigenvalue weighted by molar-refractivity contribution is -0.126. The summed E-state index contributed by atoms with van der Waals surface area (Å²) in [5.74, 6) is 0.774. The molecule has 7 nitrogen and oxygen atoms in total. The maximum absolute atomic E-state index is 13.4. The molecule has 186 valence electrons. The van der Waals surface area contributed by atoms with Gasteiger partial charge in [0.15, 0.2) is 0 Å². The van der Waals surface area contributed by atoms with E-state index in [-0.39, 0.29) is 16.7 Å². The molecule has 2 heterocycles. The summed E-state index contributed by atoms with van der Waals surface area (Å²) < 4.78 is 30.6. The van der Waals surface area contributed by atoms with Crippen LogP contribution in [0.3, 0.4) is 0 Å². The number of benzene rings is 2. The fourth-order valence-electron chi connectivity index (χ4n) is 5.63. The molecule has 1 saturated carbocycles. The third kappa shape index (κ3) is 4.74. The normalized spacial score (nSPS) is 18.3. The first-order valence-electron chi connectivity index (χ1n) is 12.7. The van der Waals surface area contributed by atoms with Gasteiger partial charge in [0.05, 0.1) is 15.9 Å². The molecule has 2 aromatic carbocycles. The molecule has 0 spiro atoms. The van der Waals surface area contributed by atoms with E-state index in [1.54, 1.807) is 12.1 Å². The number of piperidine rings is 1. The lowest BCUT2D eigenvalue weighted by atomic mass is 9.97. The Kier molecular flexibility index (Phi) is 6.68. The molecule has 2 aliphatic rings. The van der Waals surface area contributed by atoms with Crippen LogP contribution in [0.1, 0.15) is 61.5 Å². The Hall–Kier alpha value is -2.71. The summed E-state index contributed by atoms with van der Waals surface area (Å²) in [5, 5.41) is 3.03. The molecule has 3 aromatic rings. The zero-order valence-electron chi connectivity index (χ0n) is 20.5. The molecule has 0 unspecified atom stereocenters. The summed E-state index contributed by atoms with van der Waals surface area (Å²) in [5.41, 5.74) is 3.99. The second-order valence-electron chi connectivity index (χ2n) is 9.94. The predicted molar refractivity (Wildman–Crippen MR) is 136 cm³/mol. The second kappa shape index (κ2) is 9.74. The number of amides is 1. The highest BCUT2D eigenvalue weighted by atomic mass is 32.2. The molecular formula is C27H34N4O3S. The molecular weight excluding hydrogens is 460 g/mol. The number of carbonyl (C=O) groups excluding carboxylic acids is 1. The Morgan fingerprint density at radius 3 is 2.46 bits per heavy atom. The average Bonchev–Trinajstić information content (AvgIpc) is 3.49. The monoisotopic (exact) mass is 494 g/mol. The number of imidazole rings is 1. The average molecular weight is 495 g/mol. The number of nitrogens with one attached hydrogen (secondary N) is 1. The molecule has 1 saturated heterocycles. The van der Waals surface area contributed by atoms with Gasteiger partial charge < -0.3 is 9.88 Å². The predicted octanol–water partition coefficient (Wildman–Crippen LogP) is 4.49. The number of hydrogen-bond donors (Lipinski definition) is 1. The van der Waals surface area contributed by atoms with Crippen molar-refractivity contribution in [1.29, 1.82) is 0 Å². The lowest BCUT2D eigenvalue weighted by Gasteiger charge is -2.30. The van der Waals surface area contributed by atoms with Crippen LogP contribution in [0, 0.1) is 19.8 Å². The van der Waals surface area contributed by atoms with Gasteiger partial charge in [-0.3, -0.25) is 4.79 Å². The van der Waals surface area contributed by atoms with Crippen molar-refractivity contribution in [3.05, 3.63) is 59.4 Å². The molecule has 1 aliphatic heterocycles. The zero-order valence-corrected chi connectivity index (χ0v) is 21.4. The van der Waals surface area contributed by atoms with Crippen molar-refractivity contribution in [2.45, 2.75) is 69.9 Å². The van der Waals surface area contributed by atoms with Crippen LogP contribution in [0.25, 0.3) is 11.0 Å². The van der Waals surface area contributed by atoms with E-state index in [9.17, 15) is 13.2 Å². The number of rotatable bonds is 6. The maximum Gasteiger partial charge on any atom is 0.243 e. The lowest BCUT2D eigenvalue weighted by Crippen LogP contribution is -2.42.